The molecule has 0 aliphatic carbocycles. The van der Waals surface area contributed by atoms with Gasteiger partial charge in [0.25, 0.3) is 0 Å². The second-order valence-corrected chi connectivity index (χ2v) is 4.66. The standard InChI is InChI=1S/C9H6F14O/c10-4(6(12,13)14,7(15,16)17)1-3(24)2-5(11,8(18,19)20)9(21,22)23/h3,24H,1-2H2. The lowest BCUT2D eigenvalue weighted by molar-refractivity contribution is -0.359. The smallest absolute Gasteiger partial charge is 0.393 e. The Bertz CT molecular complexity index is 357. The van der Waals surface area contributed by atoms with E-state index in [0.717, 1.165) is 0 Å². The molecule has 0 rings (SSSR count). The van der Waals surface area contributed by atoms with Crippen molar-refractivity contribution in [2.45, 2.75) is 55.0 Å². The molecule has 0 spiro atoms. The Kier molecular flexibility index (Phi) is 5.80. The van der Waals surface area contributed by atoms with Gasteiger partial charge in [-0.3, -0.25) is 0 Å². The molecule has 0 saturated carbocycles. The van der Waals surface area contributed by atoms with Crippen LogP contribution in [0.2, 0.25) is 0 Å². The minimum atomic E-state index is -6.83. The number of aliphatic hydroxyl groups excluding tert-OH is 1. The molecule has 0 bridgehead atoms. The van der Waals surface area contributed by atoms with Crippen molar-refractivity contribution in [1.29, 1.82) is 0 Å². The zero-order chi connectivity index (χ0) is 20.0. The third kappa shape index (κ3) is 4.14. The van der Waals surface area contributed by atoms with Crippen LogP contribution in [0.3, 0.4) is 0 Å². The number of aliphatic hydroxyl groups is 1. The van der Waals surface area contributed by atoms with E-state index in [1.165, 1.54) is 0 Å². The van der Waals surface area contributed by atoms with E-state index >= 15 is 0 Å². The van der Waals surface area contributed by atoms with E-state index in [0.29, 0.717) is 0 Å². The van der Waals surface area contributed by atoms with Crippen molar-refractivity contribution in [3.8, 4) is 0 Å². The summed E-state index contributed by atoms with van der Waals surface area (Å²) in [6, 6.07) is 0. The summed E-state index contributed by atoms with van der Waals surface area (Å²) in [5.41, 5.74) is -12.7. The van der Waals surface area contributed by atoms with E-state index in [1.54, 1.807) is 0 Å². The molecule has 24 heavy (non-hydrogen) atoms. The van der Waals surface area contributed by atoms with Gasteiger partial charge in [0.1, 0.15) is 0 Å². The van der Waals surface area contributed by atoms with Gasteiger partial charge in [-0.2, -0.15) is 52.7 Å². The van der Waals surface area contributed by atoms with Gasteiger partial charge in [0.2, 0.25) is 0 Å². The number of halogens is 14. The molecule has 0 heterocycles. The SMILES string of the molecule is OC(CC(F)(C(F)(F)F)C(F)(F)F)CC(F)(C(F)(F)F)C(F)(F)F. The van der Waals surface area contributed by atoms with E-state index in [1.807, 2.05) is 0 Å². The Morgan fingerprint density at radius 3 is 0.750 bits per heavy atom. The van der Waals surface area contributed by atoms with Crippen LogP contribution < -0.4 is 0 Å². The van der Waals surface area contributed by atoms with Crippen molar-refractivity contribution in [2.24, 2.45) is 0 Å². The molecule has 0 amide bonds. The van der Waals surface area contributed by atoms with Gasteiger partial charge in [0.05, 0.1) is 6.10 Å². The fraction of sp³-hybridized carbons (Fsp3) is 1.00. The van der Waals surface area contributed by atoms with Crippen LogP contribution in [0.15, 0.2) is 0 Å². The molecule has 0 atom stereocenters. The van der Waals surface area contributed by atoms with E-state index in [2.05, 4.69) is 0 Å². The summed E-state index contributed by atoms with van der Waals surface area (Å²) in [6.45, 7) is 0. The molecule has 0 aromatic carbocycles. The highest BCUT2D eigenvalue weighted by molar-refractivity contribution is 5.01. The molecule has 0 fully saturated rings. The predicted octanol–water partition coefficient (Wildman–Crippen LogP) is 4.79. The van der Waals surface area contributed by atoms with Crippen LogP contribution in [-0.4, -0.2) is 47.3 Å². The van der Waals surface area contributed by atoms with Crippen LogP contribution in [0, 0.1) is 0 Å². The molecule has 0 aromatic rings. The minimum Gasteiger partial charge on any atom is -0.393 e. The Hall–Kier alpha value is -1.02. The zero-order valence-electron chi connectivity index (χ0n) is 10.7. The maximum absolute atomic E-state index is 13.1. The summed E-state index contributed by atoms with van der Waals surface area (Å²) in [5, 5.41) is 8.69. The second-order valence-electron chi connectivity index (χ2n) is 4.66. The summed E-state index contributed by atoms with van der Waals surface area (Å²) in [4.78, 5) is 0. The van der Waals surface area contributed by atoms with Crippen molar-refractivity contribution in [1.82, 2.24) is 0 Å². The van der Waals surface area contributed by atoms with Gasteiger partial charge in [-0.15, -0.1) is 0 Å². The highest BCUT2D eigenvalue weighted by Crippen LogP contribution is 2.52. The van der Waals surface area contributed by atoms with E-state index < -0.39 is 55.0 Å². The molecular formula is C9H6F14O. The molecule has 1 N–H and O–H groups in total. The normalized spacial score (nSPS) is 16.0. The summed E-state index contributed by atoms with van der Waals surface area (Å²) >= 11 is 0. The van der Waals surface area contributed by atoms with Gasteiger partial charge in [-0.25, -0.2) is 8.78 Å². The summed E-state index contributed by atoms with van der Waals surface area (Å²) in [6.07, 6.45) is -37.9. The van der Waals surface area contributed by atoms with Crippen molar-refractivity contribution in [3.63, 3.8) is 0 Å². The molecular weight excluding hydrogens is 390 g/mol. The molecule has 15 heteroatoms. The highest BCUT2D eigenvalue weighted by atomic mass is 19.4. The van der Waals surface area contributed by atoms with Gasteiger partial charge >= 0.3 is 36.0 Å². The van der Waals surface area contributed by atoms with Gasteiger partial charge < -0.3 is 5.11 Å². The van der Waals surface area contributed by atoms with Gasteiger partial charge in [-0.05, 0) is 0 Å². The van der Waals surface area contributed by atoms with Crippen molar-refractivity contribution >= 4 is 0 Å². The van der Waals surface area contributed by atoms with E-state index in [-0.39, 0.29) is 0 Å². The molecule has 0 aliphatic rings. The lowest BCUT2D eigenvalue weighted by Crippen LogP contribution is -2.58. The first-order valence-electron chi connectivity index (χ1n) is 5.43. The van der Waals surface area contributed by atoms with Gasteiger partial charge in [0, 0.05) is 12.8 Å². The number of rotatable bonds is 4. The average molecular weight is 396 g/mol. The maximum atomic E-state index is 13.1. The minimum absolute atomic E-state index is 3.31. The third-order valence-corrected chi connectivity index (χ3v) is 2.83. The topological polar surface area (TPSA) is 20.2 Å². The molecule has 0 radical (unpaired) electrons. The van der Waals surface area contributed by atoms with Gasteiger partial charge in [0.15, 0.2) is 0 Å². The molecule has 0 unspecified atom stereocenters. The summed E-state index contributed by atoms with van der Waals surface area (Å²) in [5.74, 6) is 0. The Labute approximate surface area is 123 Å². The monoisotopic (exact) mass is 396 g/mol. The van der Waals surface area contributed by atoms with Crippen molar-refractivity contribution in [3.05, 3.63) is 0 Å². The largest absolute Gasteiger partial charge is 0.431 e. The first-order chi connectivity index (χ1) is 10.1. The van der Waals surface area contributed by atoms with Crippen LogP contribution in [0.4, 0.5) is 61.5 Å². The van der Waals surface area contributed by atoms with Crippen molar-refractivity contribution < 1.29 is 66.6 Å². The third-order valence-electron chi connectivity index (χ3n) is 2.83. The fourth-order valence-corrected chi connectivity index (χ4v) is 1.51. The molecule has 0 saturated heterocycles. The Balaban J connectivity index is 5.69. The zero-order valence-corrected chi connectivity index (χ0v) is 10.7. The predicted molar refractivity (Wildman–Crippen MR) is 47.1 cm³/mol. The molecule has 0 aromatic heterocycles. The van der Waals surface area contributed by atoms with Crippen LogP contribution in [0.1, 0.15) is 12.8 Å². The Morgan fingerprint density at radius 1 is 0.458 bits per heavy atom. The number of hydrogen-bond acceptors (Lipinski definition) is 1. The van der Waals surface area contributed by atoms with Crippen LogP contribution in [0.25, 0.3) is 0 Å². The lowest BCUT2D eigenvalue weighted by atomic mass is 9.89. The van der Waals surface area contributed by atoms with Crippen LogP contribution >= 0.6 is 0 Å². The summed E-state index contributed by atoms with van der Waals surface area (Å²) < 4.78 is 172. The fourth-order valence-electron chi connectivity index (χ4n) is 1.51. The van der Waals surface area contributed by atoms with E-state index in [4.69, 9.17) is 5.11 Å². The number of hydrogen-bond donors (Lipinski definition) is 1. The Morgan fingerprint density at radius 2 is 0.625 bits per heavy atom. The number of alkyl halides is 14. The maximum Gasteiger partial charge on any atom is 0.431 e. The molecule has 1 nitrogen and oxygen atoms in total. The molecule has 0 aliphatic heterocycles. The van der Waals surface area contributed by atoms with Crippen molar-refractivity contribution in [2.75, 3.05) is 0 Å². The van der Waals surface area contributed by atoms with Crippen LogP contribution in [0.5, 0.6) is 0 Å². The highest BCUT2D eigenvalue weighted by Gasteiger charge is 2.75. The first-order valence-corrected chi connectivity index (χ1v) is 5.43. The van der Waals surface area contributed by atoms with E-state index in [9.17, 15) is 61.5 Å². The lowest BCUT2D eigenvalue weighted by Gasteiger charge is -2.35. The first kappa shape index (κ1) is 23.0. The second kappa shape index (κ2) is 6.05. The van der Waals surface area contributed by atoms with Crippen LogP contribution in [-0.2, 0) is 0 Å². The average Bonchev–Trinajstić information content (AvgIpc) is 2.21. The van der Waals surface area contributed by atoms with Gasteiger partial charge in [-0.1, -0.05) is 0 Å². The summed E-state index contributed by atoms with van der Waals surface area (Å²) in [7, 11) is 0. The molecule has 146 valence electrons. The quantitative estimate of drug-likeness (QED) is 0.678.